The van der Waals surface area contributed by atoms with Crippen molar-refractivity contribution >= 4 is 11.3 Å². The molecule has 2 nitrogen and oxygen atoms in total. The van der Waals surface area contributed by atoms with Crippen molar-refractivity contribution in [3.63, 3.8) is 0 Å². The molecule has 0 bridgehead atoms. The van der Waals surface area contributed by atoms with E-state index in [1.165, 1.54) is 23.5 Å². The van der Waals surface area contributed by atoms with Gasteiger partial charge in [-0.05, 0) is 18.6 Å². The Morgan fingerprint density at radius 2 is 2.17 bits per heavy atom. The van der Waals surface area contributed by atoms with Gasteiger partial charge in [0.2, 0.25) is 0 Å². The maximum atomic E-state index is 13.6. The maximum Gasteiger partial charge on any atom is 0.136 e. The van der Waals surface area contributed by atoms with Crippen LogP contribution in [0.25, 0.3) is 10.6 Å². The van der Waals surface area contributed by atoms with Gasteiger partial charge in [-0.2, -0.15) is 0 Å². The van der Waals surface area contributed by atoms with Crippen molar-refractivity contribution in [3.8, 4) is 10.6 Å². The summed E-state index contributed by atoms with van der Waals surface area (Å²) in [4.78, 5) is 4.39. The summed E-state index contributed by atoms with van der Waals surface area (Å²) in [6.45, 7) is 2.56. The van der Waals surface area contributed by atoms with Gasteiger partial charge >= 0.3 is 0 Å². The van der Waals surface area contributed by atoms with Gasteiger partial charge in [0.1, 0.15) is 16.6 Å². The first-order chi connectivity index (χ1) is 8.65. The number of nitrogens with two attached hydrogens (primary N) is 1. The molecule has 18 heavy (non-hydrogen) atoms. The van der Waals surface area contributed by atoms with Crippen LogP contribution in [0.2, 0.25) is 0 Å². The van der Waals surface area contributed by atoms with Crippen molar-refractivity contribution in [2.75, 3.05) is 6.54 Å². The highest BCUT2D eigenvalue weighted by Gasteiger charge is 2.14. The predicted molar refractivity (Wildman–Crippen MR) is 69.6 cm³/mol. The van der Waals surface area contributed by atoms with E-state index in [0.717, 1.165) is 18.2 Å². The molecule has 0 spiro atoms. The van der Waals surface area contributed by atoms with Crippen molar-refractivity contribution in [2.45, 2.75) is 19.3 Å². The normalized spacial score (nSPS) is 12.7. The number of hydrogen-bond donors (Lipinski definition) is 1. The largest absolute Gasteiger partial charge is 0.330 e. The van der Waals surface area contributed by atoms with Gasteiger partial charge < -0.3 is 5.73 Å². The SMILES string of the molecule is CCC(CN)c1csc(-c2ccc(F)cc2F)n1. The summed E-state index contributed by atoms with van der Waals surface area (Å²) in [7, 11) is 0. The van der Waals surface area contributed by atoms with E-state index in [0.29, 0.717) is 17.1 Å². The summed E-state index contributed by atoms with van der Waals surface area (Å²) in [6.07, 6.45) is 0.894. The van der Waals surface area contributed by atoms with Gasteiger partial charge in [0.05, 0.1) is 5.69 Å². The Balaban J connectivity index is 2.34. The molecule has 2 N–H and O–H groups in total. The molecule has 96 valence electrons. The fraction of sp³-hybridized carbons (Fsp3) is 0.308. The molecule has 1 atom stereocenters. The van der Waals surface area contributed by atoms with Crippen LogP contribution in [-0.2, 0) is 0 Å². The molecule has 1 heterocycles. The lowest BCUT2D eigenvalue weighted by Gasteiger charge is -2.07. The highest BCUT2D eigenvalue weighted by molar-refractivity contribution is 7.13. The number of benzene rings is 1. The topological polar surface area (TPSA) is 38.9 Å². The molecule has 5 heteroatoms. The summed E-state index contributed by atoms with van der Waals surface area (Å²) < 4.78 is 26.4. The molecule has 1 aromatic carbocycles. The van der Waals surface area contributed by atoms with Crippen molar-refractivity contribution in [2.24, 2.45) is 5.73 Å². The van der Waals surface area contributed by atoms with Gasteiger partial charge in [0, 0.05) is 29.5 Å². The number of hydrogen-bond acceptors (Lipinski definition) is 3. The second-order valence-corrected chi connectivity index (χ2v) is 4.90. The van der Waals surface area contributed by atoms with Crippen LogP contribution in [-0.4, -0.2) is 11.5 Å². The quantitative estimate of drug-likeness (QED) is 0.921. The third kappa shape index (κ3) is 2.57. The van der Waals surface area contributed by atoms with Crippen LogP contribution < -0.4 is 5.73 Å². The van der Waals surface area contributed by atoms with E-state index in [1.807, 2.05) is 12.3 Å². The minimum Gasteiger partial charge on any atom is -0.330 e. The average Bonchev–Trinajstić information content (AvgIpc) is 2.80. The third-order valence-electron chi connectivity index (χ3n) is 2.88. The molecule has 0 saturated carbocycles. The zero-order chi connectivity index (χ0) is 13.1. The lowest BCUT2D eigenvalue weighted by atomic mass is 10.0. The van der Waals surface area contributed by atoms with Crippen molar-refractivity contribution < 1.29 is 8.78 Å². The molecular weight excluding hydrogens is 254 g/mol. The van der Waals surface area contributed by atoms with Gasteiger partial charge in [0.25, 0.3) is 0 Å². The summed E-state index contributed by atoms with van der Waals surface area (Å²) in [5, 5.41) is 2.45. The predicted octanol–water partition coefficient (Wildman–Crippen LogP) is 3.54. The van der Waals surface area contributed by atoms with E-state index < -0.39 is 11.6 Å². The Morgan fingerprint density at radius 1 is 1.39 bits per heavy atom. The van der Waals surface area contributed by atoms with E-state index >= 15 is 0 Å². The first-order valence-corrected chi connectivity index (χ1v) is 6.64. The van der Waals surface area contributed by atoms with Gasteiger partial charge in [-0.15, -0.1) is 11.3 Å². The molecule has 1 aromatic heterocycles. The van der Waals surface area contributed by atoms with Crippen LogP contribution in [0.1, 0.15) is 25.0 Å². The smallest absolute Gasteiger partial charge is 0.136 e. The van der Waals surface area contributed by atoms with Crippen LogP contribution in [0.15, 0.2) is 23.6 Å². The summed E-state index contributed by atoms with van der Waals surface area (Å²) in [5.74, 6) is -0.975. The third-order valence-corrected chi connectivity index (χ3v) is 3.77. The Bertz CT molecular complexity index is 536. The Labute approximate surface area is 108 Å². The minimum atomic E-state index is -0.586. The molecule has 0 aliphatic heterocycles. The second-order valence-electron chi connectivity index (χ2n) is 4.04. The molecular formula is C13H14F2N2S. The first kappa shape index (κ1) is 13.1. The van der Waals surface area contributed by atoms with Crippen molar-refractivity contribution in [3.05, 3.63) is 40.9 Å². The monoisotopic (exact) mass is 268 g/mol. The zero-order valence-corrected chi connectivity index (χ0v) is 10.8. The molecule has 0 radical (unpaired) electrons. The molecule has 0 fully saturated rings. The highest BCUT2D eigenvalue weighted by Crippen LogP contribution is 2.29. The Kier molecular flexibility index (Phi) is 4.04. The van der Waals surface area contributed by atoms with E-state index in [4.69, 9.17) is 5.73 Å². The average molecular weight is 268 g/mol. The van der Waals surface area contributed by atoms with Crippen molar-refractivity contribution in [1.29, 1.82) is 0 Å². The number of aromatic nitrogens is 1. The number of nitrogens with zero attached hydrogens (tertiary/aromatic N) is 1. The Morgan fingerprint density at radius 3 is 2.78 bits per heavy atom. The Hall–Kier alpha value is -1.33. The van der Waals surface area contributed by atoms with Gasteiger partial charge in [-0.25, -0.2) is 13.8 Å². The molecule has 0 aliphatic carbocycles. The molecule has 0 saturated heterocycles. The number of rotatable bonds is 4. The van der Waals surface area contributed by atoms with Gasteiger partial charge in [-0.1, -0.05) is 6.92 Å². The number of halogens is 2. The second kappa shape index (κ2) is 5.54. The molecule has 2 rings (SSSR count). The standard InChI is InChI=1S/C13H14F2N2S/c1-2-8(6-16)12-7-18-13(17-12)10-4-3-9(14)5-11(10)15/h3-5,7-8H,2,6,16H2,1H3. The lowest BCUT2D eigenvalue weighted by molar-refractivity contribution is 0.585. The van der Waals surface area contributed by atoms with Gasteiger partial charge in [-0.3, -0.25) is 0 Å². The summed E-state index contributed by atoms with van der Waals surface area (Å²) in [6, 6.07) is 3.52. The molecule has 1 unspecified atom stereocenters. The van der Waals surface area contributed by atoms with Crippen LogP contribution >= 0.6 is 11.3 Å². The van der Waals surface area contributed by atoms with Crippen LogP contribution in [0.3, 0.4) is 0 Å². The van der Waals surface area contributed by atoms with Crippen LogP contribution in [0.4, 0.5) is 8.78 Å². The minimum absolute atomic E-state index is 0.193. The molecule has 0 aliphatic rings. The summed E-state index contributed by atoms with van der Waals surface area (Å²) >= 11 is 1.35. The fourth-order valence-electron chi connectivity index (χ4n) is 1.76. The van der Waals surface area contributed by atoms with Crippen molar-refractivity contribution in [1.82, 2.24) is 4.98 Å². The van der Waals surface area contributed by atoms with E-state index in [2.05, 4.69) is 4.98 Å². The lowest BCUT2D eigenvalue weighted by Crippen LogP contribution is -2.11. The molecule has 0 amide bonds. The fourth-order valence-corrected chi connectivity index (χ4v) is 2.68. The first-order valence-electron chi connectivity index (χ1n) is 5.76. The number of thiazole rings is 1. The van der Waals surface area contributed by atoms with E-state index in [1.54, 1.807) is 0 Å². The highest BCUT2D eigenvalue weighted by atomic mass is 32.1. The van der Waals surface area contributed by atoms with Crippen LogP contribution in [0, 0.1) is 11.6 Å². The zero-order valence-electron chi connectivity index (χ0n) is 9.99. The van der Waals surface area contributed by atoms with Gasteiger partial charge in [0.15, 0.2) is 0 Å². The van der Waals surface area contributed by atoms with E-state index in [-0.39, 0.29) is 5.92 Å². The maximum absolute atomic E-state index is 13.6. The van der Waals surface area contributed by atoms with E-state index in [9.17, 15) is 8.78 Å². The summed E-state index contributed by atoms with van der Waals surface area (Å²) in [5.41, 5.74) is 6.87. The molecule has 2 aromatic rings. The van der Waals surface area contributed by atoms with Crippen LogP contribution in [0.5, 0.6) is 0 Å².